The number of halogens is 1. The van der Waals surface area contributed by atoms with Gasteiger partial charge in [0, 0.05) is 23.9 Å². The molecule has 3 rings (SSSR count). The Bertz CT molecular complexity index is 1020. The van der Waals surface area contributed by atoms with Crippen LogP contribution in [0.25, 0.3) is 0 Å². The summed E-state index contributed by atoms with van der Waals surface area (Å²) in [4.78, 5) is 24.4. The highest BCUT2D eigenvalue weighted by molar-refractivity contribution is 5.75. The molecular weight excluding hydrogens is 359 g/mol. The molecule has 0 spiro atoms. The number of carbonyl (C=O) groups is 1. The van der Waals surface area contributed by atoms with Gasteiger partial charge in [-0.1, -0.05) is 48.5 Å². The Balaban J connectivity index is 1.66. The molecule has 0 fully saturated rings. The van der Waals surface area contributed by atoms with E-state index in [1.165, 1.54) is 18.3 Å². The van der Waals surface area contributed by atoms with E-state index in [1.807, 2.05) is 30.3 Å². The number of nitrogens with one attached hydrogen (secondary N) is 1. The maximum Gasteiger partial charge on any atom is 0.240 e. The van der Waals surface area contributed by atoms with Crippen molar-refractivity contribution in [1.29, 1.82) is 0 Å². The molecule has 0 saturated carbocycles. The van der Waals surface area contributed by atoms with Crippen LogP contribution < -0.4 is 15.5 Å². The first-order valence-electron chi connectivity index (χ1n) is 8.91. The summed E-state index contributed by atoms with van der Waals surface area (Å²) in [5.74, 6) is -0.504. The lowest BCUT2D eigenvalue weighted by Crippen LogP contribution is -2.28. The van der Waals surface area contributed by atoms with Crippen LogP contribution in [0.15, 0.2) is 71.7 Å². The van der Waals surface area contributed by atoms with Crippen LogP contribution in [-0.2, 0) is 24.5 Å². The van der Waals surface area contributed by atoms with Crippen molar-refractivity contribution >= 4 is 5.91 Å². The molecule has 0 aliphatic rings. The highest BCUT2D eigenvalue weighted by Crippen LogP contribution is 2.12. The number of aromatic nitrogens is 1. The first-order valence-corrected chi connectivity index (χ1v) is 8.91. The van der Waals surface area contributed by atoms with Crippen molar-refractivity contribution in [1.82, 2.24) is 9.88 Å². The Hall–Kier alpha value is -3.41. The van der Waals surface area contributed by atoms with Crippen LogP contribution in [0.2, 0.25) is 0 Å². The third kappa shape index (κ3) is 5.07. The lowest BCUT2D eigenvalue weighted by Gasteiger charge is -2.14. The van der Waals surface area contributed by atoms with Crippen molar-refractivity contribution in [2.75, 3.05) is 0 Å². The molecule has 1 heterocycles. The molecule has 0 aliphatic heterocycles. The second kappa shape index (κ2) is 8.99. The first kappa shape index (κ1) is 19.4. The molecule has 1 aromatic heterocycles. The van der Waals surface area contributed by atoms with Crippen molar-refractivity contribution < 1.29 is 13.9 Å². The number of nitrogens with zero attached hydrogens (tertiary/aromatic N) is 1. The summed E-state index contributed by atoms with van der Waals surface area (Å²) in [6.45, 7) is 2.16. The quantitative estimate of drug-likeness (QED) is 0.685. The molecule has 0 bridgehead atoms. The van der Waals surface area contributed by atoms with E-state index in [-0.39, 0.29) is 30.2 Å². The lowest BCUT2D eigenvalue weighted by atomic mass is 10.2. The summed E-state index contributed by atoms with van der Waals surface area (Å²) >= 11 is 0. The van der Waals surface area contributed by atoms with E-state index in [1.54, 1.807) is 29.7 Å². The summed E-state index contributed by atoms with van der Waals surface area (Å²) in [5.41, 5.74) is 1.68. The van der Waals surface area contributed by atoms with Gasteiger partial charge in [-0.15, -0.1) is 0 Å². The van der Waals surface area contributed by atoms with Crippen molar-refractivity contribution in [3.63, 3.8) is 0 Å². The number of ether oxygens (including phenoxy) is 1. The average molecular weight is 380 g/mol. The highest BCUT2D eigenvalue weighted by Gasteiger charge is 2.10. The Morgan fingerprint density at radius 1 is 1.11 bits per heavy atom. The third-order valence-electron chi connectivity index (χ3n) is 4.30. The van der Waals surface area contributed by atoms with Gasteiger partial charge in [-0.3, -0.25) is 9.59 Å². The maximum absolute atomic E-state index is 13.7. The Labute approximate surface area is 162 Å². The van der Waals surface area contributed by atoms with Crippen LogP contribution in [0.3, 0.4) is 0 Å². The molecular formula is C22H21FN2O3. The summed E-state index contributed by atoms with van der Waals surface area (Å²) < 4.78 is 20.9. The Morgan fingerprint density at radius 2 is 1.82 bits per heavy atom. The summed E-state index contributed by atoms with van der Waals surface area (Å²) in [6.07, 6.45) is 1.49. The van der Waals surface area contributed by atoms with Gasteiger partial charge < -0.3 is 14.6 Å². The number of hydrogen-bond acceptors (Lipinski definition) is 3. The predicted octanol–water partition coefficient (Wildman–Crippen LogP) is 3.19. The molecule has 1 N–H and O–H groups in total. The van der Waals surface area contributed by atoms with Gasteiger partial charge in [-0.05, 0) is 18.6 Å². The Kier molecular flexibility index (Phi) is 6.22. The molecule has 1 amide bonds. The molecule has 0 saturated heterocycles. The number of aryl methyl sites for hydroxylation is 1. The molecule has 2 aromatic carbocycles. The van der Waals surface area contributed by atoms with E-state index in [2.05, 4.69) is 5.32 Å². The van der Waals surface area contributed by atoms with Crippen molar-refractivity contribution in [2.24, 2.45) is 0 Å². The minimum atomic E-state index is -0.393. The molecule has 144 valence electrons. The van der Waals surface area contributed by atoms with Gasteiger partial charge in [-0.25, -0.2) is 4.39 Å². The zero-order valence-electron chi connectivity index (χ0n) is 15.5. The standard InChI is InChI=1S/C22H21FN2O3/c1-16-11-20(26)21(28-15-18-9-5-6-10-19(18)23)13-25(16)14-22(27)24-12-17-7-3-2-4-8-17/h2-11,13H,12,14-15H2,1H3,(H,24,27). The van der Waals surface area contributed by atoms with Crippen molar-refractivity contribution in [3.8, 4) is 5.75 Å². The van der Waals surface area contributed by atoms with E-state index >= 15 is 0 Å². The topological polar surface area (TPSA) is 60.3 Å². The second-order valence-electron chi connectivity index (χ2n) is 6.41. The number of rotatable bonds is 7. The van der Waals surface area contributed by atoms with Gasteiger partial charge in [0.15, 0.2) is 5.75 Å². The maximum atomic E-state index is 13.7. The SMILES string of the molecule is Cc1cc(=O)c(OCc2ccccc2F)cn1CC(=O)NCc1ccccc1. The van der Waals surface area contributed by atoms with E-state index < -0.39 is 5.82 Å². The molecule has 5 nitrogen and oxygen atoms in total. The lowest BCUT2D eigenvalue weighted by molar-refractivity contribution is -0.121. The second-order valence-corrected chi connectivity index (χ2v) is 6.41. The fourth-order valence-electron chi connectivity index (χ4n) is 2.71. The van der Waals surface area contributed by atoms with Gasteiger partial charge in [0.05, 0.1) is 6.20 Å². The molecule has 0 atom stereocenters. The molecule has 0 radical (unpaired) electrons. The smallest absolute Gasteiger partial charge is 0.240 e. The van der Waals surface area contributed by atoms with Gasteiger partial charge in [0.2, 0.25) is 11.3 Å². The average Bonchev–Trinajstić information content (AvgIpc) is 2.69. The van der Waals surface area contributed by atoms with Crippen LogP contribution in [0, 0.1) is 12.7 Å². The van der Waals surface area contributed by atoms with Gasteiger partial charge >= 0.3 is 0 Å². The van der Waals surface area contributed by atoms with E-state index in [0.29, 0.717) is 17.8 Å². The number of benzene rings is 2. The van der Waals surface area contributed by atoms with Gasteiger partial charge in [-0.2, -0.15) is 0 Å². The van der Waals surface area contributed by atoms with Crippen LogP contribution in [0.1, 0.15) is 16.8 Å². The van der Waals surface area contributed by atoms with E-state index in [0.717, 1.165) is 5.56 Å². The van der Waals surface area contributed by atoms with Crippen molar-refractivity contribution in [3.05, 3.63) is 99.7 Å². The number of hydrogen-bond donors (Lipinski definition) is 1. The molecule has 0 unspecified atom stereocenters. The minimum absolute atomic E-state index is 0.0506. The van der Waals surface area contributed by atoms with E-state index in [4.69, 9.17) is 4.74 Å². The monoisotopic (exact) mass is 380 g/mol. The number of amides is 1. The highest BCUT2D eigenvalue weighted by atomic mass is 19.1. The molecule has 0 aliphatic carbocycles. The molecule has 28 heavy (non-hydrogen) atoms. The predicted molar refractivity (Wildman–Crippen MR) is 104 cm³/mol. The first-order chi connectivity index (χ1) is 13.5. The minimum Gasteiger partial charge on any atom is -0.483 e. The molecule has 6 heteroatoms. The van der Waals surface area contributed by atoms with Crippen LogP contribution in [0.4, 0.5) is 4.39 Å². The Morgan fingerprint density at radius 3 is 2.57 bits per heavy atom. The normalized spacial score (nSPS) is 10.5. The fourth-order valence-corrected chi connectivity index (χ4v) is 2.71. The summed E-state index contributed by atoms with van der Waals surface area (Å²) in [6, 6.07) is 17.2. The van der Waals surface area contributed by atoms with Gasteiger partial charge in [0.25, 0.3) is 0 Å². The number of carbonyl (C=O) groups excluding carboxylic acids is 1. The zero-order chi connectivity index (χ0) is 19.9. The molecule has 3 aromatic rings. The van der Waals surface area contributed by atoms with Crippen LogP contribution in [0.5, 0.6) is 5.75 Å². The van der Waals surface area contributed by atoms with Crippen LogP contribution in [-0.4, -0.2) is 10.5 Å². The summed E-state index contributed by atoms with van der Waals surface area (Å²) in [5, 5.41) is 2.85. The van der Waals surface area contributed by atoms with E-state index in [9.17, 15) is 14.0 Å². The largest absolute Gasteiger partial charge is 0.483 e. The van der Waals surface area contributed by atoms with Crippen LogP contribution >= 0.6 is 0 Å². The fraction of sp³-hybridized carbons (Fsp3) is 0.182. The van der Waals surface area contributed by atoms with Crippen molar-refractivity contribution in [2.45, 2.75) is 26.6 Å². The van der Waals surface area contributed by atoms with Gasteiger partial charge in [0.1, 0.15) is 19.0 Å². The third-order valence-corrected chi connectivity index (χ3v) is 4.30. The number of pyridine rings is 1. The zero-order valence-corrected chi connectivity index (χ0v) is 15.5. The summed E-state index contributed by atoms with van der Waals surface area (Å²) in [7, 11) is 0.